The van der Waals surface area contributed by atoms with Crippen molar-refractivity contribution in [3.8, 4) is 0 Å². The van der Waals surface area contributed by atoms with E-state index in [0.717, 1.165) is 30.3 Å². The molecule has 0 radical (unpaired) electrons. The number of aromatic nitrogens is 2. The van der Waals surface area contributed by atoms with E-state index >= 15 is 0 Å². The maximum absolute atomic E-state index is 9.14. The van der Waals surface area contributed by atoms with Gasteiger partial charge >= 0.3 is 0 Å². The van der Waals surface area contributed by atoms with Crippen LogP contribution in [0.15, 0.2) is 0 Å². The molecule has 1 atom stereocenters. The predicted octanol–water partition coefficient (Wildman–Crippen LogP) is 1.31. The highest BCUT2D eigenvalue weighted by Crippen LogP contribution is 2.16. The first kappa shape index (κ1) is 11.4. The number of anilines is 1. The number of rotatable bonds is 5. The molecule has 1 aromatic heterocycles. The molecule has 80 valence electrons. The van der Waals surface area contributed by atoms with E-state index < -0.39 is 0 Å². The van der Waals surface area contributed by atoms with Crippen molar-refractivity contribution in [3.05, 3.63) is 5.82 Å². The third kappa shape index (κ3) is 3.23. The van der Waals surface area contributed by atoms with E-state index in [2.05, 4.69) is 9.36 Å². The maximum Gasteiger partial charge on any atom is 0.204 e. The Morgan fingerprint density at radius 1 is 1.57 bits per heavy atom. The fraction of sp³-hybridized carbons (Fsp3) is 0.778. The summed E-state index contributed by atoms with van der Waals surface area (Å²) in [5.74, 6) is 0.897. The van der Waals surface area contributed by atoms with Gasteiger partial charge in [0, 0.05) is 31.5 Å². The summed E-state index contributed by atoms with van der Waals surface area (Å²) in [6.45, 7) is 4.66. The molecular weight excluding hydrogens is 198 g/mol. The van der Waals surface area contributed by atoms with Gasteiger partial charge in [-0.25, -0.2) is 4.98 Å². The Balaban J connectivity index is 2.47. The highest BCUT2D eigenvalue weighted by atomic mass is 32.1. The summed E-state index contributed by atoms with van der Waals surface area (Å²) in [5.41, 5.74) is 0. The standard InChI is InChI=1S/C9H17N3OS/c1-4-8-10-9(14-11-8)12(3)6-5-7(2)13/h7,13H,4-6H2,1-3H3. The summed E-state index contributed by atoms with van der Waals surface area (Å²) in [7, 11) is 1.97. The molecule has 0 aliphatic heterocycles. The predicted molar refractivity (Wildman–Crippen MR) is 58.9 cm³/mol. The summed E-state index contributed by atoms with van der Waals surface area (Å²) in [6, 6.07) is 0. The van der Waals surface area contributed by atoms with E-state index in [-0.39, 0.29) is 6.10 Å². The maximum atomic E-state index is 9.14. The Kier molecular flexibility index (Phi) is 4.28. The molecule has 1 unspecified atom stereocenters. The van der Waals surface area contributed by atoms with Crippen molar-refractivity contribution in [2.24, 2.45) is 0 Å². The van der Waals surface area contributed by atoms with Crippen molar-refractivity contribution in [2.75, 3.05) is 18.5 Å². The largest absolute Gasteiger partial charge is 0.393 e. The first-order valence-electron chi connectivity index (χ1n) is 4.85. The van der Waals surface area contributed by atoms with Gasteiger partial charge in [-0.15, -0.1) is 0 Å². The van der Waals surface area contributed by atoms with Crippen LogP contribution in [0.3, 0.4) is 0 Å². The van der Waals surface area contributed by atoms with Gasteiger partial charge in [-0.05, 0) is 13.3 Å². The number of aliphatic hydroxyl groups is 1. The summed E-state index contributed by atoms with van der Waals surface area (Å²) >= 11 is 1.42. The Morgan fingerprint density at radius 3 is 2.79 bits per heavy atom. The van der Waals surface area contributed by atoms with Gasteiger partial charge in [0.05, 0.1) is 6.10 Å². The van der Waals surface area contributed by atoms with Crippen LogP contribution in [0.5, 0.6) is 0 Å². The molecular formula is C9H17N3OS. The van der Waals surface area contributed by atoms with Gasteiger partial charge in [-0.3, -0.25) is 0 Å². The Labute approximate surface area is 88.8 Å². The number of aliphatic hydroxyl groups excluding tert-OH is 1. The normalized spacial score (nSPS) is 12.9. The van der Waals surface area contributed by atoms with Crippen molar-refractivity contribution >= 4 is 16.7 Å². The second-order valence-electron chi connectivity index (χ2n) is 3.41. The number of aryl methyl sites for hydroxylation is 1. The average Bonchev–Trinajstić information content (AvgIpc) is 2.62. The Bertz CT molecular complexity index is 275. The SMILES string of the molecule is CCc1nsc(N(C)CCC(C)O)n1. The fourth-order valence-corrected chi connectivity index (χ4v) is 1.75. The molecule has 0 aromatic carbocycles. The van der Waals surface area contributed by atoms with Gasteiger partial charge < -0.3 is 10.0 Å². The molecule has 1 rings (SSSR count). The number of hydrogen-bond donors (Lipinski definition) is 1. The van der Waals surface area contributed by atoms with Crippen molar-refractivity contribution in [1.29, 1.82) is 0 Å². The monoisotopic (exact) mass is 215 g/mol. The molecule has 1 aromatic rings. The van der Waals surface area contributed by atoms with Gasteiger partial charge in [-0.1, -0.05) is 6.92 Å². The molecule has 4 nitrogen and oxygen atoms in total. The number of hydrogen-bond acceptors (Lipinski definition) is 5. The first-order valence-corrected chi connectivity index (χ1v) is 5.62. The second kappa shape index (κ2) is 5.26. The summed E-state index contributed by atoms with van der Waals surface area (Å²) in [6.07, 6.45) is 1.38. The van der Waals surface area contributed by atoms with Crippen LogP contribution in [0.4, 0.5) is 5.13 Å². The lowest BCUT2D eigenvalue weighted by Crippen LogP contribution is -2.21. The van der Waals surface area contributed by atoms with E-state index in [1.165, 1.54) is 11.5 Å². The molecule has 1 heterocycles. The lowest BCUT2D eigenvalue weighted by Gasteiger charge is -2.15. The summed E-state index contributed by atoms with van der Waals surface area (Å²) in [5, 5.41) is 10.1. The summed E-state index contributed by atoms with van der Waals surface area (Å²) < 4.78 is 4.21. The van der Waals surface area contributed by atoms with E-state index in [1.807, 2.05) is 18.9 Å². The summed E-state index contributed by atoms with van der Waals surface area (Å²) in [4.78, 5) is 6.39. The first-order chi connectivity index (χ1) is 6.63. The van der Waals surface area contributed by atoms with E-state index in [1.54, 1.807) is 6.92 Å². The van der Waals surface area contributed by atoms with Crippen molar-refractivity contribution in [2.45, 2.75) is 32.8 Å². The van der Waals surface area contributed by atoms with Crippen LogP contribution in [0.2, 0.25) is 0 Å². The van der Waals surface area contributed by atoms with E-state index in [0.29, 0.717) is 0 Å². The zero-order valence-corrected chi connectivity index (χ0v) is 9.71. The minimum Gasteiger partial charge on any atom is -0.393 e. The molecule has 14 heavy (non-hydrogen) atoms. The van der Waals surface area contributed by atoms with E-state index in [9.17, 15) is 0 Å². The zero-order valence-electron chi connectivity index (χ0n) is 8.90. The van der Waals surface area contributed by atoms with Crippen LogP contribution in [0.25, 0.3) is 0 Å². The van der Waals surface area contributed by atoms with Gasteiger partial charge in [0.25, 0.3) is 0 Å². The lowest BCUT2D eigenvalue weighted by molar-refractivity contribution is 0.187. The highest BCUT2D eigenvalue weighted by molar-refractivity contribution is 7.09. The molecule has 0 bridgehead atoms. The topological polar surface area (TPSA) is 49.2 Å². The molecule has 0 saturated heterocycles. The molecule has 0 amide bonds. The Morgan fingerprint density at radius 2 is 2.29 bits per heavy atom. The minimum absolute atomic E-state index is 0.254. The third-order valence-corrected chi connectivity index (χ3v) is 2.85. The van der Waals surface area contributed by atoms with Crippen molar-refractivity contribution in [1.82, 2.24) is 9.36 Å². The quantitative estimate of drug-likeness (QED) is 0.804. The van der Waals surface area contributed by atoms with Gasteiger partial charge in [0.2, 0.25) is 5.13 Å². The molecule has 5 heteroatoms. The zero-order chi connectivity index (χ0) is 10.6. The van der Waals surface area contributed by atoms with Gasteiger partial charge in [0.15, 0.2) is 0 Å². The van der Waals surface area contributed by atoms with Crippen LogP contribution < -0.4 is 4.90 Å². The number of nitrogens with zero attached hydrogens (tertiary/aromatic N) is 3. The van der Waals surface area contributed by atoms with Crippen molar-refractivity contribution in [3.63, 3.8) is 0 Å². The van der Waals surface area contributed by atoms with Gasteiger partial charge in [0.1, 0.15) is 5.82 Å². The Hall–Kier alpha value is -0.680. The molecule has 0 aliphatic rings. The molecule has 0 aliphatic carbocycles. The smallest absolute Gasteiger partial charge is 0.204 e. The average molecular weight is 215 g/mol. The van der Waals surface area contributed by atoms with Crippen LogP contribution in [-0.4, -0.2) is 34.2 Å². The lowest BCUT2D eigenvalue weighted by atomic mass is 10.3. The van der Waals surface area contributed by atoms with Crippen LogP contribution in [-0.2, 0) is 6.42 Å². The van der Waals surface area contributed by atoms with E-state index in [4.69, 9.17) is 5.11 Å². The molecule has 1 N–H and O–H groups in total. The molecule has 0 spiro atoms. The minimum atomic E-state index is -0.254. The van der Waals surface area contributed by atoms with Crippen molar-refractivity contribution < 1.29 is 5.11 Å². The third-order valence-electron chi connectivity index (χ3n) is 1.98. The highest BCUT2D eigenvalue weighted by Gasteiger charge is 2.08. The molecule has 0 saturated carbocycles. The molecule has 0 fully saturated rings. The van der Waals surface area contributed by atoms with Crippen LogP contribution in [0.1, 0.15) is 26.1 Å². The second-order valence-corrected chi connectivity index (χ2v) is 4.14. The van der Waals surface area contributed by atoms with Gasteiger partial charge in [-0.2, -0.15) is 4.37 Å². The van der Waals surface area contributed by atoms with Crippen LogP contribution >= 0.6 is 11.5 Å². The fourth-order valence-electron chi connectivity index (χ4n) is 1.02. The van der Waals surface area contributed by atoms with Crippen LogP contribution in [0, 0.1) is 0 Å².